The largest absolute Gasteiger partial charge is 0.346 e. The molecule has 2 aliphatic rings. The second kappa shape index (κ2) is 7.14. The summed E-state index contributed by atoms with van der Waals surface area (Å²) in [5, 5.41) is 7.47. The number of aromatic nitrogens is 2. The molecule has 1 unspecified atom stereocenters. The van der Waals surface area contributed by atoms with Gasteiger partial charge in [0, 0.05) is 23.8 Å². The summed E-state index contributed by atoms with van der Waals surface area (Å²) in [6, 6.07) is 6.54. The Kier molecular flexibility index (Phi) is 5.11. The second-order valence-electron chi connectivity index (χ2n) is 6.64. The molecule has 2 aliphatic carbocycles. The molecule has 3 N–H and O–H groups in total. The normalized spacial score (nSPS) is 16.9. The van der Waals surface area contributed by atoms with Gasteiger partial charge in [0.1, 0.15) is 11.5 Å². The summed E-state index contributed by atoms with van der Waals surface area (Å²) in [6.07, 6.45) is 4.81. The average molecular weight is 365 g/mol. The Morgan fingerprint density at radius 3 is 2.80 bits per heavy atom. The summed E-state index contributed by atoms with van der Waals surface area (Å²) >= 11 is 0. The van der Waals surface area contributed by atoms with Crippen LogP contribution in [0.25, 0.3) is 5.69 Å². The monoisotopic (exact) mass is 364 g/mol. The fraction of sp³-hybridized carbons (Fsp3) is 0.444. The number of nitrogens with zero attached hydrogens (tertiary/aromatic N) is 2. The van der Waals surface area contributed by atoms with E-state index in [1.165, 1.54) is 6.07 Å². The van der Waals surface area contributed by atoms with Crippen LogP contribution in [-0.2, 0) is 12.8 Å². The van der Waals surface area contributed by atoms with Crippen molar-refractivity contribution in [1.29, 1.82) is 0 Å². The molecule has 1 amide bonds. The number of fused-ring (bicyclic) bond motifs is 1. The Morgan fingerprint density at radius 2 is 2.12 bits per heavy atom. The van der Waals surface area contributed by atoms with Gasteiger partial charge >= 0.3 is 0 Å². The first kappa shape index (κ1) is 17.9. The van der Waals surface area contributed by atoms with Crippen molar-refractivity contribution in [2.45, 2.75) is 38.1 Å². The van der Waals surface area contributed by atoms with Gasteiger partial charge in [-0.3, -0.25) is 4.79 Å². The van der Waals surface area contributed by atoms with Gasteiger partial charge in [-0.2, -0.15) is 5.10 Å². The molecule has 1 atom stereocenters. The zero-order valence-corrected chi connectivity index (χ0v) is 14.7. The van der Waals surface area contributed by atoms with Crippen molar-refractivity contribution < 1.29 is 9.18 Å². The van der Waals surface area contributed by atoms with Crippen molar-refractivity contribution >= 4 is 18.3 Å². The third-order valence-electron chi connectivity index (χ3n) is 4.99. The fourth-order valence-corrected chi connectivity index (χ4v) is 3.55. The number of hydrogen-bond donors (Lipinski definition) is 2. The predicted molar refractivity (Wildman–Crippen MR) is 95.8 cm³/mol. The molecular weight excluding hydrogens is 343 g/mol. The zero-order chi connectivity index (χ0) is 16.7. The number of hydrogen-bond acceptors (Lipinski definition) is 3. The van der Waals surface area contributed by atoms with E-state index in [-0.39, 0.29) is 30.2 Å². The van der Waals surface area contributed by atoms with Gasteiger partial charge in [0.25, 0.3) is 5.91 Å². The lowest BCUT2D eigenvalue weighted by molar-refractivity contribution is 0.0927. The van der Waals surface area contributed by atoms with Crippen molar-refractivity contribution in [2.24, 2.45) is 11.7 Å². The summed E-state index contributed by atoms with van der Waals surface area (Å²) in [7, 11) is 0. The highest BCUT2D eigenvalue weighted by Gasteiger charge is 2.34. The molecule has 5 nitrogen and oxygen atoms in total. The van der Waals surface area contributed by atoms with Gasteiger partial charge in [0.15, 0.2) is 5.69 Å². The third kappa shape index (κ3) is 3.28. The van der Waals surface area contributed by atoms with Gasteiger partial charge in [0.05, 0.1) is 0 Å². The smallest absolute Gasteiger partial charge is 0.272 e. The molecule has 0 spiro atoms. The maximum atomic E-state index is 14.2. The number of carbonyl (C=O) groups excluding carboxylic acids is 1. The average Bonchev–Trinajstić information content (AvgIpc) is 3.20. The van der Waals surface area contributed by atoms with Gasteiger partial charge in [-0.25, -0.2) is 9.07 Å². The molecule has 1 aromatic heterocycles. The third-order valence-corrected chi connectivity index (χ3v) is 4.99. The summed E-state index contributed by atoms with van der Waals surface area (Å²) in [4.78, 5) is 12.7. The second-order valence-corrected chi connectivity index (χ2v) is 6.64. The maximum absolute atomic E-state index is 14.2. The number of amides is 1. The number of para-hydroxylation sites is 1. The van der Waals surface area contributed by atoms with Crippen molar-refractivity contribution in [3.8, 4) is 5.69 Å². The summed E-state index contributed by atoms with van der Waals surface area (Å²) in [6.45, 7) is 0.437. The Morgan fingerprint density at radius 1 is 1.36 bits per heavy atom. The first-order valence-electron chi connectivity index (χ1n) is 8.55. The van der Waals surface area contributed by atoms with E-state index >= 15 is 0 Å². The standard InChI is InChI=1S/C18H21FN4O.ClH/c19-13-5-1-2-6-16(13)23-15-7-3-4-12(15)17(22-23)18(24)21-14(10-20)11-8-9-11;/h1-2,5-6,11,14H,3-4,7-10,20H2,(H,21,24);1H. The van der Waals surface area contributed by atoms with E-state index < -0.39 is 0 Å². The quantitative estimate of drug-likeness (QED) is 0.855. The molecule has 0 bridgehead atoms. The van der Waals surface area contributed by atoms with Gasteiger partial charge < -0.3 is 11.1 Å². The predicted octanol–water partition coefficient (Wildman–Crippen LogP) is 2.39. The molecule has 2 aromatic rings. The number of rotatable bonds is 5. The number of nitrogens with one attached hydrogen (secondary N) is 1. The zero-order valence-electron chi connectivity index (χ0n) is 13.9. The van der Waals surface area contributed by atoms with Crippen molar-refractivity contribution in [1.82, 2.24) is 15.1 Å². The Bertz CT molecular complexity index is 787. The van der Waals surface area contributed by atoms with Gasteiger partial charge in [-0.05, 0) is 50.2 Å². The van der Waals surface area contributed by atoms with Crippen LogP contribution in [0.3, 0.4) is 0 Å². The SMILES string of the molecule is Cl.NCC(NC(=O)c1nn(-c2ccccc2F)c2c1CCC2)C1CC1. The van der Waals surface area contributed by atoms with Crippen LogP contribution in [0.4, 0.5) is 4.39 Å². The van der Waals surface area contributed by atoms with Crippen LogP contribution in [0.2, 0.25) is 0 Å². The maximum Gasteiger partial charge on any atom is 0.272 e. The minimum atomic E-state index is -0.334. The van der Waals surface area contributed by atoms with Crippen molar-refractivity contribution in [3.05, 3.63) is 47.0 Å². The highest BCUT2D eigenvalue weighted by atomic mass is 35.5. The van der Waals surface area contributed by atoms with E-state index in [0.29, 0.717) is 23.8 Å². The van der Waals surface area contributed by atoms with Gasteiger partial charge in [-0.15, -0.1) is 12.4 Å². The molecule has 1 heterocycles. The summed E-state index contributed by atoms with van der Waals surface area (Å²) in [5.41, 5.74) is 8.49. The van der Waals surface area contributed by atoms with E-state index in [2.05, 4.69) is 10.4 Å². The Balaban J connectivity index is 0.00000182. The Labute approximate surface area is 152 Å². The van der Waals surface area contributed by atoms with Crippen LogP contribution in [0.5, 0.6) is 0 Å². The first-order chi connectivity index (χ1) is 11.7. The summed E-state index contributed by atoms with van der Waals surface area (Å²) < 4.78 is 15.8. The van der Waals surface area contributed by atoms with Crippen molar-refractivity contribution in [2.75, 3.05) is 6.54 Å². The minimum absolute atomic E-state index is 0. The molecule has 0 radical (unpaired) electrons. The van der Waals surface area contributed by atoms with Crippen molar-refractivity contribution in [3.63, 3.8) is 0 Å². The topological polar surface area (TPSA) is 72.9 Å². The molecule has 1 fully saturated rings. The highest BCUT2D eigenvalue weighted by molar-refractivity contribution is 5.94. The van der Waals surface area contributed by atoms with Gasteiger partial charge in [0.2, 0.25) is 0 Å². The van der Waals surface area contributed by atoms with Crippen LogP contribution in [0.15, 0.2) is 24.3 Å². The van der Waals surface area contributed by atoms with E-state index in [0.717, 1.165) is 43.4 Å². The number of benzene rings is 1. The Hall–Kier alpha value is -1.92. The number of halogens is 2. The molecule has 1 saturated carbocycles. The first-order valence-corrected chi connectivity index (χ1v) is 8.55. The van der Waals surface area contributed by atoms with E-state index in [4.69, 9.17) is 5.73 Å². The fourth-order valence-electron chi connectivity index (χ4n) is 3.55. The molecule has 25 heavy (non-hydrogen) atoms. The molecule has 1 aromatic carbocycles. The number of nitrogens with two attached hydrogens (primary N) is 1. The molecule has 4 rings (SSSR count). The van der Waals surface area contributed by atoms with Crippen LogP contribution in [-0.4, -0.2) is 28.3 Å². The number of carbonyl (C=O) groups is 1. The van der Waals surface area contributed by atoms with Crippen LogP contribution >= 0.6 is 12.4 Å². The van der Waals surface area contributed by atoms with E-state index in [1.54, 1.807) is 22.9 Å². The van der Waals surface area contributed by atoms with Gasteiger partial charge in [-0.1, -0.05) is 12.1 Å². The molecule has 0 saturated heterocycles. The molecule has 7 heteroatoms. The van der Waals surface area contributed by atoms with Crippen LogP contribution < -0.4 is 11.1 Å². The van der Waals surface area contributed by atoms with E-state index in [9.17, 15) is 9.18 Å². The van der Waals surface area contributed by atoms with Crippen LogP contribution in [0, 0.1) is 11.7 Å². The lowest BCUT2D eigenvalue weighted by Crippen LogP contribution is -2.42. The minimum Gasteiger partial charge on any atom is -0.346 e. The molecular formula is C18H22ClFN4O. The molecule has 0 aliphatic heterocycles. The van der Waals surface area contributed by atoms with Crippen LogP contribution in [0.1, 0.15) is 41.0 Å². The summed E-state index contributed by atoms with van der Waals surface area (Å²) in [5.74, 6) is -0.0364. The lowest BCUT2D eigenvalue weighted by Gasteiger charge is -2.15. The molecule has 134 valence electrons. The lowest BCUT2D eigenvalue weighted by atomic mass is 10.1. The van der Waals surface area contributed by atoms with E-state index in [1.807, 2.05) is 0 Å². The highest BCUT2D eigenvalue weighted by Crippen LogP contribution is 2.33.